The highest BCUT2D eigenvalue weighted by atomic mass is 16.5. The zero-order valence-corrected chi connectivity index (χ0v) is 11.8. The molecule has 0 unspecified atom stereocenters. The lowest BCUT2D eigenvalue weighted by molar-refractivity contribution is 0.128. The Hall–Kier alpha value is -2.02. The number of carbonyl (C=O) groups is 1. The van der Waals surface area contributed by atoms with Gasteiger partial charge in [-0.1, -0.05) is 0 Å². The molecule has 0 saturated carbocycles. The molecule has 1 saturated heterocycles. The lowest BCUT2D eigenvalue weighted by Crippen LogP contribution is -2.52. The Morgan fingerprint density at radius 1 is 1.57 bits per heavy atom. The van der Waals surface area contributed by atoms with Crippen LogP contribution in [0.3, 0.4) is 0 Å². The van der Waals surface area contributed by atoms with Gasteiger partial charge >= 0.3 is 6.09 Å². The maximum Gasteiger partial charge on any atom is 0.407 e. The van der Waals surface area contributed by atoms with Crippen molar-refractivity contribution in [3.63, 3.8) is 0 Å². The molecule has 2 aliphatic heterocycles. The number of amides is 1. The molecule has 0 radical (unpaired) electrons. The summed E-state index contributed by atoms with van der Waals surface area (Å²) in [7, 11) is 0. The summed E-state index contributed by atoms with van der Waals surface area (Å²) in [5, 5.41) is 15.6. The smallest absolute Gasteiger partial charge is 0.407 e. The highest BCUT2D eigenvalue weighted by Crippen LogP contribution is 2.24. The number of piperazine rings is 1. The van der Waals surface area contributed by atoms with Crippen molar-refractivity contribution >= 4 is 11.9 Å². The van der Waals surface area contributed by atoms with E-state index in [1.54, 1.807) is 0 Å². The predicted octanol–water partition coefficient (Wildman–Crippen LogP) is 0.770. The number of pyridine rings is 1. The highest BCUT2D eigenvalue weighted by molar-refractivity contribution is 5.65. The topological polar surface area (TPSA) is 86.7 Å². The Balaban J connectivity index is 1.46. The minimum Gasteiger partial charge on any atom is -0.491 e. The molecule has 21 heavy (non-hydrogen) atoms. The highest BCUT2D eigenvalue weighted by Gasteiger charge is 2.22. The van der Waals surface area contributed by atoms with Crippen molar-refractivity contribution in [2.45, 2.75) is 18.9 Å². The summed E-state index contributed by atoms with van der Waals surface area (Å²) in [6.45, 7) is 3.29. The van der Waals surface area contributed by atoms with E-state index >= 15 is 0 Å². The van der Waals surface area contributed by atoms with Crippen LogP contribution in [0.2, 0.25) is 0 Å². The summed E-state index contributed by atoms with van der Waals surface area (Å²) in [5.41, 5.74) is 1.01. The van der Waals surface area contributed by atoms with E-state index in [2.05, 4.69) is 15.6 Å². The molecule has 0 aliphatic carbocycles. The first-order chi connectivity index (χ1) is 10.2. The first kappa shape index (κ1) is 13.9. The van der Waals surface area contributed by atoms with Crippen LogP contribution in [0.5, 0.6) is 5.75 Å². The van der Waals surface area contributed by atoms with Crippen LogP contribution < -0.4 is 15.4 Å². The lowest BCUT2D eigenvalue weighted by Gasteiger charge is -2.31. The Kier molecular flexibility index (Phi) is 4.10. The molecule has 0 aromatic carbocycles. The normalized spacial score (nSPS) is 20.8. The zero-order chi connectivity index (χ0) is 14.7. The average molecular weight is 292 g/mol. The van der Waals surface area contributed by atoms with E-state index in [1.165, 1.54) is 4.90 Å². The number of ether oxygens (including phenoxy) is 1. The summed E-state index contributed by atoms with van der Waals surface area (Å²) < 4.78 is 5.43. The Bertz CT molecular complexity index is 523. The molecule has 2 aliphatic rings. The number of nitrogens with zero attached hydrogens (tertiary/aromatic N) is 2. The average Bonchev–Trinajstić information content (AvgIpc) is 2.95. The minimum absolute atomic E-state index is 0.195. The van der Waals surface area contributed by atoms with Crippen LogP contribution in [-0.4, -0.2) is 59.9 Å². The third-order valence-corrected chi connectivity index (χ3v) is 3.85. The van der Waals surface area contributed by atoms with E-state index in [-0.39, 0.29) is 6.04 Å². The molecule has 1 atom stereocenters. The number of hydrogen-bond acceptors (Lipinski definition) is 5. The van der Waals surface area contributed by atoms with Gasteiger partial charge in [-0.05, 0) is 18.6 Å². The van der Waals surface area contributed by atoms with Crippen LogP contribution in [0, 0.1) is 0 Å². The van der Waals surface area contributed by atoms with Crippen molar-refractivity contribution in [1.29, 1.82) is 0 Å². The van der Waals surface area contributed by atoms with Gasteiger partial charge in [0.15, 0.2) is 0 Å². The van der Waals surface area contributed by atoms with E-state index in [9.17, 15) is 4.79 Å². The molecule has 3 rings (SSSR count). The molecule has 3 N–H and O–H groups in total. The summed E-state index contributed by atoms with van der Waals surface area (Å²) >= 11 is 0. The fourth-order valence-corrected chi connectivity index (χ4v) is 2.72. The van der Waals surface area contributed by atoms with Gasteiger partial charge in [-0.2, -0.15) is 0 Å². The molecule has 7 nitrogen and oxygen atoms in total. The summed E-state index contributed by atoms with van der Waals surface area (Å²) in [6, 6.07) is 4.06. The van der Waals surface area contributed by atoms with Gasteiger partial charge in [0.1, 0.15) is 11.6 Å². The standard InChI is InChI=1S/C14H20N4O3/c19-14(20)18-7-6-15-10(9-18)3-5-16-13-2-1-12-11(17-13)4-8-21-12/h1-2,10,15H,3-9H2,(H,16,17)(H,19,20)/t10-/m1/s1. The largest absolute Gasteiger partial charge is 0.491 e. The van der Waals surface area contributed by atoms with Crippen LogP contribution in [0.1, 0.15) is 12.1 Å². The van der Waals surface area contributed by atoms with E-state index in [0.29, 0.717) is 26.2 Å². The number of aromatic nitrogens is 1. The van der Waals surface area contributed by atoms with Crippen molar-refractivity contribution < 1.29 is 14.6 Å². The quantitative estimate of drug-likeness (QED) is 0.760. The Morgan fingerprint density at radius 2 is 2.48 bits per heavy atom. The van der Waals surface area contributed by atoms with Gasteiger partial charge in [-0.25, -0.2) is 9.78 Å². The summed E-state index contributed by atoms with van der Waals surface area (Å²) in [5.74, 6) is 1.73. The monoisotopic (exact) mass is 292 g/mol. The second kappa shape index (κ2) is 6.17. The van der Waals surface area contributed by atoms with E-state index in [4.69, 9.17) is 9.84 Å². The number of anilines is 1. The van der Waals surface area contributed by atoms with Crippen LogP contribution in [-0.2, 0) is 6.42 Å². The minimum atomic E-state index is -0.838. The number of rotatable bonds is 4. The van der Waals surface area contributed by atoms with Crippen molar-refractivity contribution in [2.24, 2.45) is 0 Å². The number of hydrogen-bond donors (Lipinski definition) is 3. The van der Waals surface area contributed by atoms with Crippen LogP contribution in [0.4, 0.5) is 10.6 Å². The van der Waals surface area contributed by atoms with E-state index in [0.717, 1.165) is 36.6 Å². The van der Waals surface area contributed by atoms with Gasteiger partial charge in [-0.15, -0.1) is 0 Å². The van der Waals surface area contributed by atoms with Crippen LogP contribution in [0.25, 0.3) is 0 Å². The van der Waals surface area contributed by atoms with E-state index in [1.807, 2.05) is 12.1 Å². The molecule has 1 amide bonds. The maximum absolute atomic E-state index is 11.0. The second-order valence-corrected chi connectivity index (χ2v) is 5.33. The molecule has 3 heterocycles. The molecule has 7 heteroatoms. The van der Waals surface area contributed by atoms with Crippen LogP contribution >= 0.6 is 0 Å². The number of fused-ring (bicyclic) bond motifs is 1. The van der Waals surface area contributed by atoms with Gasteiger partial charge in [0, 0.05) is 38.6 Å². The SMILES string of the molecule is O=C(O)N1CCN[C@H](CCNc2ccc3c(n2)CCO3)C1. The fourth-order valence-electron chi connectivity index (χ4n) is 2.72. The Morgan fingerprint density at radius 3 is 3.33 bits per heavy atom. The zero-order valence-electron chi connectivity index (χ0n) is 11.8. The van der Waals surface area contributed by atoms with Crippen molar-refractivity contribution in [1.82, 2.24) is 15.2 Å². The molecular formula is C14H20N4O3. The van der Waals surface area contributed by atoms with Gasteiger partial charge in [0.25, 0.3) is 0 Å². The first-order valence-electron chi connectivity index (χ1n) is 7.30. The van der Waals surface area contributed by atoms with Gasteiger partial charge in [0.05, 0.1) is 12.3 Å². The third-order valence-electron chi connectivity index (χ3n) is 3.85. The van der Waals surface area contributed by atoms with Crippen molar-refractivity contribution in [3.8, 4) is 5.75 Å². The van der Waals surface area contributed by atoms with Crippen molar-refractivity contribution in [2.75, 3.05) is 38.1 Å². The molecular weight excluding hydrogens is 272 g/mol. The van der Waals surface area contributed by atoms with E-state index < -0.39 is 6.09 Å². The lowest BCUT2D eigenvalue weighted by atomic mass is 10.1. The fraction of sp³-hybridized carbons (Fsp3) is 0.571. The predicted molar refractivity (Wildman–Crippen MR) is 77.9 cm³/mol. The summed E-state index contributed by atoms with van der Waals surface area (Å²) in [4.78, 5) is 16.9. The maximum atomic E-state index is 11.0. The molecule has 1 aromatic rings. The number of carboxylic acid groups (broad SMARTS) is 1. The molecule has 1 aromatic heterocycles. The molecule has 1 fully saturated rings. The third kappa shape index (κ3) is 3.36. The van der Waals surface area contributed by atoms with Gasteiger partial charge < -0.3 is 25.4 Å². The molecule has 114 valence electrons. The summed E-state index contributed by atoms with van der Waals surface area (Å²) in [6.07, 6.45) is 0.886. The van der Waals surface area contributed by atoms with Crippen molar-refractivity contribution in [3.05, 3.63) is 17.8 Å². The van der Waals surface area contributed by atoms with Gasteiger partial charge in [-0.3, -0.25) is 0 Å². The number of nitrogens with one attached hydrogen (secondary N) is 2. The van der Waals surface area contributed by atoms with Crippen LogP contribution in [0.15, 0.2) is 12.1 Å². The second-order valence-electron chi connectivity index (χ2n) is 5.33. The molecule has 0 bridgehead atoms. The molecule has 0 spiro atoms. The van der Waals surface area contributed by atoms with Gasteiger partial charge in [0.2, 0.25) is 0 Å². The first-order valence-corrected chi connectivity index (χ1v) is 7.30. The Labute approximate surface area is 123 Å².